The summed E-state index contributed by atoms with van der Waals surface area (Å²) in [6.07, 6.45) is 5.51. The van der Waals surface area contributed by atoms with Crippen molar-refractivity contribution >= 4 is 82.5 Å². The smallest absolute Gasteiger partial charge is 0.145 e. The number of para-hydroxylation sites is 4. The molecule has 282 valence electrons. The quantitative estimate of drug-likeness (QED) is 0.179. The van der Waals surface area contributed by atoms with E-state index in [0.29, 0.717) is 22.5 Å². The molecule has 0 aliphatic rings. The molecule has 0 aliphatic heterocycles. The Morgan fingerprint density at radius 3 is 1.83 bits per heavy atom. The number of fused-ring (bicyclic) bond motifs is 11. The first-order valence-corrected chi connectivity index (χ1v) is 20.1. The molecule has 4 heterocycles. The van der Waals surface area contributed by atoms with E-state index in [0.717, 1.165) is 82.4 Å². The number of allylic oxidation sites excluding steroid dienone is 1. The van der Waals surface area contributed by atoms with Crippen LogP contribution in [0.15, 0.2) is 150 Å². The Kier molecular flexibility index (Phi) is 8.44. The van der Waals surface area contributed by atoms with Gasteiger partial charge in [0.15, 0.2) is 0 Å². The van der Waals surface area contributed by atoms with Crippen molar-refractivity contribution in [2.45, 2.75) is 34.1 Å². The Morgan fingerprint density at radius 1 is 0.576 bits per heavy atom. The molecule has 0 saturated carbocycles. The highest BCUT2D eigenvalue weighted by atomic mass is 16.3. The molecular weight excluding hydrogens is 723 g/mol. The highest BCUT2D eigenvalue weighted by molar-refractivity contribution is 6.24. The molecule has 0 aliphatic carbocycles. The van der Waals surface area contributed by atoms with Crippen LogP contribution in [0, 0.1) is 29.6 Å². The van der Waals surface area contributed by atoms with Crippen molar-refractivity contribution in [1.82, 2.24) is 13.7 Å². The SMILES string of the molecule is C/C=C\c1c(C)c2ccccc2n1-c1ccc2c(c1)c1c3oc4ccccc4c3ccc1n2-c1ccc(C#N)c(-n2c3ccccc3c3ccccc32)c1C#N.CCC. The normalized spacial score (nSPS) is 11.7. The number of nitriles is 2. The molecular formula is C53H39N5O. The molecule has 0 atom stereocenters. The van der Waals surface area contributed by atoms with Crippen LogP contribution in [0.4, 0.5) is 0 Å². The summed E-state index contributed by atoms with van der Waals surface area (Å²) >= 11 is 0. The maximum atomic E-state index is 11.2. The standard InChI is InChI=1S/C50H31N5O.C3H8/c1-3-12-40-30(2)33-13-4-8-17-41(33)53(40)32-22-25-44-38(27-32)48-46(26-23-37-36-16-7-11-20-47(36)56-50(37)48)54(44)45-24-21-31(28-51)49(39(45)29-52)55-42-18-9-5-14-34(42)35-15-6-10-19-43(35)55;1-3-2/h3-27H,1-2H3;3H2,1-2H3/b12-3-;. The number of benzene rings is 7. The first kappa shape index (κ1) is 35.6. The summed E-state index contributed by atoms with van der Waals surface area (Å²) in [6, 6.07) is 52.6. The molecule has 0 saturated heterocycles. The third kappa shape index (κ3) is 5.17. The molecule has 6 nitrogen and oxygen atoms in total. The molecule has 6 heteroatoms. The van der Waals surface area contributed by atoms with Crippen LogP contribution in [-0.2, 0) is 0 Å². The summed E-state index contributed by atoms with van der Waals surface area (Å²) in [5.74, 6) is 0. The monoisotopic (exact) mass is 761 g/mol. The number of rotatable bonds is 4. The van der Waals surface area contributed by atoms with E-state index in [1.807, 2.05) is 54.6 Å². The van der Waals surface area contributed by atoms with Gasteiger partial charge in [-0.3, -0.25) is 0 Å². The van der Waals surface area contributed by atoms with Crippen LogP contribution >= 0.6 is 0 Å². The van der Waals surface area contributed by atoms with E-state index in [4.69, 9.17) is 4.42 Å². The van der Waals surface area contributed by atoms with Crippen molar-refractivity contribution in [2.24, 2.45) is 0 Å². The minimum atomic E-state index is 0.408. The number of hydrogen-bond donors (Lipinski definition) is 0. The lowest BCUT2D eigenvalue weighted by Crippen LogP contribution is -2.06. The number of hydrogen-bond acceptors (Lipinski definition) is 3. The van der Waals surface area contributed by atoms with Crippen molar-refractivity contribution in [1.29, 1.82) is 10.5 Å². The maximum absolute atomic E-state index is 11.2. The van der Waals surface area contributed by atoms with Gasteiger partial charge in [-0.15, -0.1) is 0 Å². The van der Waals surface area contributed by atoms with Gasteiger partial charge in [0.05, 0.1) is 49.9 Å². The van der Waals surface area contributed by atoms with E-state index >= 15 is 0 Å². The molecule has 0 radical (unpaired) electrons. The summed E-state index contributed by atoms with van der Waals surface area (Å²) in [5.41, 5.74) is 11.9. The van der Waals surface area contributed by atoms with Crippen LogP contribution in [0.3, 0.4) is 0 Å². The molecule has 0 unspecified atom stereocenters. The zero-order valence-corrected chi connectivity index (χ0v) is 33.3. The van der Waals surface area contributed by atoms with Crippen LogP contribution in [0.5, 0.6) is 0 Å². The summed E-state index contributed by atoms with van der Waals surface area (Å²) in [7, 11) is 0. The highest BCUT2D eigenvalue weighted by Gasteiger charge is 2.26. The van der Waals surface area contributed by atoms with Gasteiger partial charge >= 0.3 is 0 Å². The average molecular weight is 762 g/mol. The predicted octanol–water partition coefficient (Wildman–Crippen LogP) is 14.2. The predicted molar refractivity (Wildman–Crippen MR) is 244 cm³/mol. The van der Waals surface area contributed by atoms with Gasteiger partial charge in [-0.2, -0.15) is 10.5 Å². The first-order chi connectivity index (χ1) is 29.0. The summed E-state index contributed by atoms with van der Waals surface area (Å²) < 4.78 is 13.3. The van der Waals surface area contributed by atoms with E-state index in [1.54, 1.807) is 0 Å². The van der Waals surface area contributed by atoms with Gasteiger partial charge < -0.3 is 18.1 Å². The lowest BCUT2D eigenvalue weighted by atomic mass is 10.0. The summed E-state index contributed by atoms with van der Waals surface area (Å²) in [5, 5.41) is 29.2. The summed E-state index contributed by atoms with van der Waals surface area (Å²) in [6.45, 7) is 8.48. The minimum Gasteiger partial charge on any atom is -0.455 e. The van der Waals surface area contributed by atoms with Gasteiger partial charge in [0.1, 0.15) is 28.9 Å². The molecule has 11 aromatic rings. The Morgan fingerprint density at radius 2 is 1.17 bits per heavy atom. The van der Waals surface area contributed by atoms with Gasteiger partial charge in [0, 0.05) is 43.7 Å². The summed E-state index contributed by atoms with van der Waals surface area (Å²) in [4.78, 5) is 0. The fourth-order valence-electron chi connectivity index (χ4n) is 9.09. The average Bonchev–Trinajstić information content (AvgIpc) is 4.00. The number of aromatic nitrogens is 3. The molecule has 59 heavy (non-hydrogen) atoms. The fourth-order valence-corrected chi connectivity index (χ4v) is 9.09. The second kappa shape index (κ2) is 14.0. The topological polar surface area (TPSA) is 75.5 Å². The molecule has 11 rings (SSSR count). The van der Waals surface area contributed by atoms with Crippen LogP contribution in [-0.4, -0.2) is 13.7 Å². The molecule has 0 spiro atoms. The lowest BCUT2D eigenvalue weighted by molar-refractivity contribution is 0.673. The van der Waals surface area contributed by atoms with E-state index < -0.39 is 0 Å². The minimum absolute atomic E-state index is 0.408. The van der Waals surface area contributed by atoms with E-state index in [2.05, 4.69) is 151 Å². The second-order valence-electron chi connectivity index (χ2n) is 15.0. The molecule has 0 bridgehead atoms. The lowest BCUT2D eigenvalue weighted by Gasteiger charge is -2.17. The Hall–Kier alpha value is -7.80. The molecule has 0 N–H and O–H groups in total. The van der Waals surface area contributed by atoms with Gasteiger partial charge in [-0.1, -0.05) is 99.1 Å². The van der Waals surface area contributed by atoms with Crippen molar-refractivity contribution in [3.8, 4) is 29.2 Å². The molecule has 4 aromatic heterocycles. The highest BCUT2D eigenvalue weighted by Crippen LogP contribution is 2.44. The third-order valence-electron chi connectivity index (χ3n) is 11.4. The van der Waals surface area contributed by atoms with Crippen LogP contribution < -0.4 is 0 Å². The van der Waals surface area contributed by atoms with Gasteiger partial charge in [-0.25, -0.2) is 0 Å². The van der Waals surface area contributed by atoms with Crippen LogP contribution in [0.25, 0.3) is 99.6 Å². The van der Waals surface area contributed by atoms with Crippen molar-refractivity contribution in [3.63, 3.8) is 0 Å². The van der Waals surface area contributed by atoms with Gasteiger partial charge in [0.2, 0.25) is 0 Å². The molecule has 0 fully saturated rings. The largest absolute Gasteiger partial charge is 0.455 e. The van der Waals surface area contributed by atoms with Gasteiger partial charge in [-0.05, 0) is 92.2 Å². The zero-order valence-electron chi connectivity index (χ0n) is 33.3. The second-order valence-corrected chi connectivity index (χ2v) is 15.0. The maximum Gasteiger partial charge on any atom is 0.145 e. The van der Waals surface area contributed by atoms with Gasteiger partial charge in [0.25, 0.3) is 0 Å². The van der Waals surface area contributed by atoms with E-state index in [9.17, 15) is 10.5 Å². The van der Waals surface area contributed by atoms with Crippen LogP contribution in [0.2, 0.25) is 0 Å². The number of furan rings is 1. The zero-order chi connectivity index (χ0) is 40.4. The third-order valence-corrected chi connectivity index (χ3v) is 11.4. The van der Waals surface area contributed by atoms with E-state index in [1.165, 1.54) is 17.4 Å². The molecule has 7 aromatic carbocycles. The van der Waals surface area contributed by atoms with Crippen molar-refractivity contribution in [2.75, 3.05) is 0 Å². The fraction of sp³-hybridized carbons (Fsp3) is 0.0943. The van der Waals surface area contributed by atoms with Crippen molar-refractivity contribution < 1.29 is 4.42 Å². The Balaban J connectivity index is 0.00000136. The number of nitrogens with zero attached hydrogens (tertiary/aromatic N) is 5. The Bertz CT molecular complexity index is 3560. The number of aryl methyl sites for hydroxylation is 1. The van der Waals surface area contributed by atoms with Crippen molar-refractivity contribution in [3.05, 3.63) is 168 Å². The molecule has 0 amide bonds. The van der Waals surface area contributed by atoms with Crippen LogP contribution in [0.1, 0.15) is 49.6 Å². The van der Waals surface area contributed by atoms with E-state index in [-0.39, 0.29) is 0 Å². The Labute approximate surface area is 341 Å². The first-order valence-electron chi connectivity index (χ1n) is 20.1.